The van der Waals surface area contributed by atoms with Crippen LogP contribution in [0.5, 0.6) is 0 Å². The molecule has 3 nitrogen and oxygen atoms in total. The van der Waals surface area contributed by atoms with Crippen LogP contribution in [0.25, 0.3) is 0 Å². The summed E-state index contributed by atoms with van der Waals surface area (Å²) in [6, 6.07) is 9.45. The van der Waals surface area contributed by atoms with Crippen molar-refractivity contribution in [3.8, 4) is 0 Å². The third-order valence-electron chi connectivity index (χ3n) is 1.73. The Kier molecular flexibility index (Phi) is 9.12. The second kappa shape index (κ2) is 9.53. The molecule has 1 aromatic carbocycles. The standard InChI is InChI=1S/C10H11N2O.C2H6.Tl/c11-8-12-7-6-10(13)9-4-2-1-3-5-9;1-2;/h1-8,10,13H,(H-,11,12);1-2H3;/q-1;;+1/b7-6+;;. The molecule has 0 saturated heterocycles. The Hall–Kier alpha value is -0.688. The van der Waals surface area contributed by atoms with Crippen molar-refractivity contribution in [2.75, 3.05) is 0 Å². The van der Waals surface area contributed by atoms with Gasteiger partial charge in [-0.1, -0.05) is 13.8 Å². The van der Waals surface area contributed by atoms with Crippen LogP contribution in [0, 0.1) is 5.41 Å². The van der Waals surface area contributed by atoms with E-state index < -0.39 is 6.10 Å². The second-order valence-corrected chi connectivity index (χ2v) is 5.09. The average molecular weight is 410 g/mol. The van der Waals surface area contributed by atoms with E-state index in [-0.39, 0.29) is 0 Å². The summed E-state index contributed by atoms with van der Waals surface area (Å²) in [5, 5.41) is 16.7. The van der Waals surface area contributed by atoms with Crippen LogP contribution in [-0.2, 0) is 0 Å². The number of hydrogen-bond donors (Lipinski definition) is 2. The molecular weight excluding hydrogens is 393 g/mol. The molecule has 0 fully saturated rings. The van der Waals surface area contributed by atoms with Crippen molar-refractivity contribution < 1.29 is 5.11 Å². The monoisotopic (exact) mass is 410 g/mol. The quantitative estimate of drug-likeness (QED) is 0.455. The molecule has 84 valence electrons. The van der Waals surface area contributed by atoms with Gasteiger partial charge in [-0.15, -0.1) is 0 Å². The molecule has 0 spiro atoms. The summed E-state index contributed by atoms with van der Waals surface area (Å²) in [7, 11) is 0. The van der Waals surface area contributed by atoms with Gasteiger partial charge in [-0.3, -0.25) is 0 Å². The van der Waals surface area contributed by atoms with E-state index in [1.54, 1.807) is 15.0 Å². The molecule has 1 atom stereocenters. The van der Waals surface area contributed by atoms with Gasteiger partial charge in [0, 0.05) is 0 Å². The summed E-state index contributed by atoms with van der Waals surface area (Å²) in [4.78, 5) is 0. The number of benzene rings is 1. The van der Waals surface area contributed by atoms with Crippen LogP contribution in [0.2, 0.25) is 0 Å². The molecule has 1 rings (SSSR count). The van der Waals surface area contributed by atoms with Crippen LogP contribution >= 0.6 is 0 Å². The molecule has 0 aliphatic carbocycles. The molecule has 0 aliphatic rings. The Morgan fingerprint density at radius 2 is 1.88 bits per heavy atom. The molecule has 4 heteroatoms. The summed E-state index contributed by atoms with van der Waals surface area (Å²) in [6.45, 7) is 4.00. The molecule has 0 bridgehead atoms. The summed E-state index contributed by atoms with van der Waals surface area (Å²) >= 11 is 0.553. The van der Waals surface area contributed by atoms with Crippen LogP contribution in [0.1, 0.15) is 25.5 Å². The van der Waals surface area contributed by atoms with Crippen molar-refractivity contribution in [2.45, 2.75) is 20.0 Å². The third kappa shape index (κ3) is 6.02. The van der Waals surface area contributed by atoms with E-state index >= 15 is 0 Å². The van der Waals surface area contributed by atoms with Gasteiger partial charge in [0.2, 0.25) is 0 Å². The Morgan fingerprint density at radius 3 is 2.38 bits per heavy atom. The van der Waals surface area contributed by atoms with E-state index in [1.165, 1.54) is 6.34 Å². The molecule has 1 aromatic rings. The van der Waals surface area contributed by atoms with E-state index in [0.717, 1.165) is 5.56 Å². The molecule has 0 amide bonds. The van der Waals surface area contributed by atoms with Crippen LogP contribution in [0.3, 0.4) is 0 Å². The molecule has 0 radical (unpaired) electrons. The minimum absolute atomic E-state index is 0.553. The predicted octanol–water partition coefficient (Wildman–Crippen LogP) is 2.25. The van der Waals surface area contributed by atoms with Gasteiger partial charge in [0.05, 0.1) is 0 Å². The fraction of sp³-hybridized carbons (Fsp3) is 0.250. The average Bonchev–Trinajstić information content (AvgIpc) is 2.38. The first-order valence-corrected chi connectivity index (χ1v) is 7.19. The van der Waals surface area contributed by atoms with Crippen molar-refractivity contribution >= 4 is 32.4 Å². The van der Waals surface area contributed by atoms with Crippen LogP contribution in [0.4, 0.5) is 0 Å². The Bertz CT molecular complexity index is 314. The van der Waals surface area contributed by atoms with E-state index in [1.807, 2.05) is 44.2 Å². The van der Waals surface area contributed by atoms with Gasteiger partial charge in [-0.25, -0.2) is 0 Å². The van der Waals surface area contributed by atoms with Gasteiger partial charge in [-0.2, -0.15) is 0 Å². The SMILES string of the molecule is CC.N=C[N]([Tl])/C=C/C(O)c1ccccc1. The van der Waals surface area contributed by atoms with Crippen molar-refractivity contribution in [2.24, 2.45) is 0 Å². The van der Waals surface area contributed by atoms with Crippen molar-refractivity contribution in [3.05, 3.63) is 48.2 Å². The third-order valence-corrected chi connectivity index (χ3v) is 2.98. The van der Waals surface area contributed by atoms with Crippen molar-refractivity contribution in [1.82, 2.24) is 2.71 Å². The normalized spacial score (nSPS) is 11.4. The van der Waals surface area contributed by atoms with Gasteiger partial charge in [0.15, 0.2) is 0 Å². The molecule has 16 heavy (non-hydrogen) atoms. The van der Waals surface area contributed by atoms with Crippen LogP contribution in [0.15, 0.2) is 42.6 Å². The predicted molar refractivity (Wildman–Crippen MR) is 68.3 cm³/mol. The number of nitrogens with one attached hydrogen (secondary N) is 1. The zero-order chi connectivity index (χ0) is 12.4. The topological polar surface area (TPSA) is 47.3 Å². The second-order valence-electron chi connectivity index (χ2n) is 2.77. The summed E-state index contributed by atoms with van der Waals surface area (Å²) < 4.78 is 1.73. The Balaban J connectivity index is 0.00000106. The van der Waals surface area contributed by atoms with E-state index in [9.17, 15) is 5.11 Å². The fourth-order valence-electron chi connectivity index (χ4n) is 0.985. The minimum atomic E-state index is -0.586. The summed E-state index contributed by atoms with van der Waals surface area (Å²) in [5.74, 6) is 0. The van der Waals surface area contributed by atoms with Gasteiger partial charge in [0.1, 0.15) is 0 Å². The molecule has 1 unspecified atom stereocenters. The number of rotatable bonds is 4. The number of nitrogens with zero attached hydrogens (tertiary/aromatic N) is 1. The first-order valence-electron chi connectivity index (χ1n) is 5.19. The first-order chi connectivity index (χ1) is 7.74. The first kappa shape index (κ1) is 15.3. The molecule has 2 N–H and O–H groups in total. The molecule has 0 aliphatic heterocycles. The van der Waals surface area contributed by atoms with Crippen LogP contribution < -0.4 is 0 Å². The van der Waals surface area contributed by atoms with Crippen molar-refractivity contribution in [1.29, 1.82) is 5.41 Å². The van der Waals surface area contributed by atoms with Crippen molar-refractivity contribution in [3.63, 3.8) is 0 Å². The maximum atomic E-state index is 9.69. The zero-order valence-corrected chi connectivity index (χ0v) is 14.2. The fourth-order valence-corrected chi connectivity index (χ4v) is 1.37. The summed E-state index contributed by atoms with van der Waals surface area (Å²) in [6.07, 6.45) is 4.08. The number of aliphatic hydroxyl groups is 1. The molecule has 0 aromatic heterocycles. The summed E-state index contributed by atoms with van der Waals surface area (Å²) in [5.41, 5.74) is 0.868. The zero-order valence-electron chi connectivity index (χ0n) is 9.67. The Morgan fingerprint density at radius 1 is 1.31 bits per heavy atom. The number of aliphatic hydroxyl groups excluding tert-OH is 1. The van der Waals surface area contributed by atoms with E-state index in [0.29, 0.717) is 26.1 Å². The van der Waals surface area contributed by atoms with Gasteiger partial charge < -0.3 is 0 Å². The van der Waals surface area contributed by atoms with Gasteiger partial charge >= 0.3 is 99.9 Å². The van der Waals surface area contributed by atoms with E-state index in [2.05, 4.69) is 0 Å². The molecule has 0 saturated carbocycles. The molecular formula is C12H17N2OTl. The van der Waals surface area contributed by atoms with Crippen LogP contribution in [-0.4, -0.2) is 40.2 Å². The number of hydrogen-bond acceptors (Lipinski definition) is 2. The van der Waals surface area contributed by atoms with E-state index in [4.69, 9.17) is 5.41 Å². The maximum absolute atomic E-state index is 9.69. The van der Waals surface area contributed by atoms with Gasteiger partial charge in [0.25, 0.3) is 0 Å². The molecule has 0 heterocycles. The Labute approximate surface area is 113 Å². The van der Waals surface area contributed by atoms with Gasteiger partial charge in [-0.05, 0) is 0 Å².